The number of aromatic nitrogens is 3. The standard InChI is InChI=1S/C17H19N3O2.3ClH.V/c1-10(2)14-8-21-16(19-14)12-6-5-7-13(18-12)17-20-15(9-22-17)11(3)4;;;;/h5-11H,1-4H3;3*1H;/q;;;;+3/p-3. The molecule has 9 heteroatoms. The van der Waals surface area contributed by atoms with Gasteiger partial charge in [-0.3, -0.25) is 0 Å². The third-order valence-electron chi connectivity index (χ3n) is 3.41. The van der Waals surface area contributed by atoms with Crippen molar-refractivity contribution in [2.75, 3.05) is 0 Å². The third-order valence-corrected chi connectivity index (χ3v) is 3.41. The molecule has 3 rings (SSSR count). The van der Waals surface area contributed by atoms with Gasteiger partial charge in [0.2, 0.25) is 11.8 Å². The Labute approximate surface area is 169 Å². The zero-order valence-electron chi connectivity index (χ0n) is 14.8. The summed E-state index contributed by atoms with van der Waals surface area (Å²) in [4.78, 5) is 13.5. The Kier molecular flexibility index (Phi) is 8.05. The van der Waals surface area contributed by atoms with E-state index < -0.39 is 12.3 Å². The minimum atomic E-state index is -1.77. The number of rotatable bonds is 4. The van der Waals surface area contributed by atoms with Crippen molar-refractivity contribution in [3.63, 3.8) is 0 Å². The molecule has 140 valence electrons. The zero-order chi connectivity index (χ0) is 19.3. The van der Waals surface area contributed by atoms with E-state index in [0.29, 0.717) is 35.0 Å². The predicted molar refractivity (Wildman–Crippen MR) is 101 cm³/mol. The summed E-state index contributed by atoms with van der Waals surface area (Å²) in [5.74, 6) is 1.67. The predicted octanol–water partition coefficient (Wildman–Crippen LogP) is 6.70. The van der Waals surface area contributed by atoms with Crippen LogP contribution >= 0.6 is 29.5 Å². The quantitative estimate of drug-likeness (QED) is 0.438. The van der Waals surface area contributed by atoms with Gasteiger partial charge in [0.05, 0.1) is 11.4 Å². The van der Waals surface area contributed by atoms with Gasteiger partial charge in [-0.15, -0.1) is 0 Å². The first kappa shape index (κ1) is 21.3. The molecule has 0 aliphatic rings. The second-order valence-electron chi connectivity index (χ2n) is 6.06. The second-order valence-corrected chi connectivity index (χ2v) is 13.0. The molecule has 3 aromatic rings. The van der Waals surface area contributed by atoms with E-state index in [-0.39, 0.29) is 0 Å². The number of hydrogen-bond donors (Lipinski definition) is 0. The molecule has 0 N–H and O–H groups in total. The van der Waals surface area contributed by atoms with Crippen LogP contribution in [0.4, 0.5) is 0 Å². The van der Waals surface area contributed by atoms with E-state index >= 15 is 0 Å². The van der Waals surface area contributed by atoms with Gasteiger partial charge in [-0.1, -0.05) is 33.8 Å². The average molecular weight is 455 g/mol. The number of halogens is 3. The SMILES string of the molecule is CC(C)c1coc(-c2cccc(-c3nc(C(C)C)co3)n2)n1.[Cl][V]([Cl])[Cl]. The fourth-order valence-electron chi connectivity index (χ4n) is 2.01. The number of oxazole rings is 2. The van der Waals surface area contributed by atoms with Crippen molar-refractivity contribution in [1.82, 2.24) is 15.0 Å². The van der Waals surface area contributed by atoms with Gasteiger partial charge in [0.1, 0.15) is 23.9 Å². The first-order valence-electron chi connectivity index (χ1n) is 7.94. The topological polar surface area (TPSA) is 65.0 Å². The molecule has 0 aliphatic carbocycles. The summed E-state index contributed by atoms with van der Waals surface area (Å²) in [5.41, 5.74) is 3.18. The maximum absolute atomic E-state index is 5.52. The van der Waals surface area contributed by atoms with Gasteiger partial charge in [0.15, 0.2) is 0 Å². The maximum atomic E-state index is 5.52. The molecule has 0 spiro atoms. The van der Waals surface area contributed by atoms with Crippen LogP contribution in [0.5, 0.6) is 0 Å². The molecule has 0 bridgehead atoms. The molecule has 26 heavy (non-hydrogen) atoms. The van der Waals surface area contributed by atoms with E-state index in [9.17, 15) is 0 Å². The first-order chi connectivity index (χ1) is 12.3. The minimum absolute atomic E-state index is 0.320. The molecule has 0 saturated heterocycles. The summed E-state index contributed by atoms with van der Waals surface area (Å²) >= 11 is -1.77. The van der Waals surface area contributed by atoms with E-state index in [1.54, 1.807) is 12.5 Å². The Balaban J connectivity index is 0.000000552. The van der Waals surface area contributed by atoms with Crippen molar-refractivity contribution in [3.8, 4) is 23.2 Å². The molecule has 0 saturated carbocycles. The Bertz CT molecular complexity index is 770. The monoisotopic (exact) mass is 453 g/mol. The molecule has 0 aromatic carbocycles. The van der Waals surface area contributed by atoms with Crippen LogP contribution in [-0.4, -0.2) is 15.0 Å². The Morgan fingerprint density at radius 2 is 1.15 bits per heavy atom. The molecule has 3 heterocycles. The van der Waals surface area contributed by atoms with Crippen LogP contribution in [-0.2, 0) is 12.3 Å². The van der Waals surface area contributed by atoms with Crippen molar-refractivity contribution in [1.29, 1.82) is 0 Å². The van der Waals surface area contributed by atoms with Gasteiger partial charge in [-0.2, -0.15) is 0 Å². The van der Waals surface area contributed by atoms with Crippen LogP contribution in [0, 0.1) is 0 Å². The van der Waals surface area contributed by atoms with E-state index in [1.165, 1.54) is 0 Å². The van der Waals surface area contributed by atoms with E-state index in [2.05, 4.69) is 42.6 Å². The van der Waals surface area contributed by atoms with Gasteiger partial charge in [-0.05, 0) is 24.0 Å². The van der Waals surface area contributed by atoms with Crippen LogP contribution in [0.15, 0.2) is 39.6 Å². The van der Waals surface area contributed by atoms with Gasteiger partial charge in [0.25, 0.3) is 0 Å². The summed E-state index contributed by atoms with van der Waals surface area (Å²) in [7, 11) is 14.9. The zero-order valence-corrected chi connectivity index (χ0v) is 18.4. The second kappa shape index (κ2) is 9.81. The Morgan fingerprint density at radius 1 is 0.769 bits per heavy atom. The molecule has 0 atom stereocenters. The normalized spacial score (nSPS) is 11.2. The van der Waals surface area contributed by atoms with E-state index in [4.69, 9.17) is 38.4 Å². The van der Waals surface area contributed by atoms with Crippen molar-refractivity contribution < 1.29 is 21.1 Å². The molecule has 5 nitrogen and oxygen atoms in total. The van der Waals surface area contributed by atoms with Crippen molar-refractivity contribution in [3.05, 3.63) is 42.1 Å². The molecule has 3 aromatic heterocycles. The first-order valence-corrected chi connectivity index (χ1v) is 13.7. The fourth-order valence-corrected chi connectivity index (χ4v) is 2.01. The Morgan fingerprint density at radius 3 is 1.46 bits per heavy atom. The molecule has 0 amide bonds. The van der Waals surface area contributed by atoms with Crippen molar-refractivity contribution in [2.45, 2.75) is 39.5 Å². The molecular formula is C17H19Cl3N3O2V. The summed E-state index contributed by atoms with van der Waals surface area (Å²) in [6.45, 7) is 8.30. The van der Waals surface area contributed by atoms with Crippen LogP contribution in [0.2, 0.25) is 0 Å². The number of pyridine rings is 1. The van der Waals surface area contributed by atoms with Gasteiger partial charge in [-0.25, -0.2) is 15.0 Å². The summed E-state index contributed by atoms with van der Waals surface area (Å²) in [6, 6.07) is 5.63. The fraction of sp³-hybridized carbons (Fsp3) is 0.353. The molecule has 0 fully saturated rings. The average Bonchev–Trinajstić information content (AvgIpc) is 3.24. The van der Waals surface area contributed by atoms with Crippen LogP contribution < -0.4 is 0 Å². The van der Waals surface area contributed by atoms with Crippen molar-refractivity contribution >= 4 is 29.5 Å². The molecule has 0 radical (unpaired) electrons. The van der Waals surface area contributed by atoms with Gasteiger partial charge < -0.3 is 8.83 Å². The van der Waals surface area contributed by atoms with Crippen LogP contribution in [0.1, 0.15) is 50.9 Å². The summed E-state index contributed by atoms with van der Waals surface area (Å²) in [6.07, 6.45) is 3.35. The molecular weight excluding hydrogens is 436 g/mol. The molecule has 0 aliphatic heterocycles. The number of nitrogens with zero attached hydrogens (tertiary/aromatic N) is 3. The van der Waals surface area contributed by atoms with Gasteiger partial charge >= 0.3 is 41.8 Å². The van der Waals surface area contributed by atoms with Crippen molar-refractivity contribution in [2.24, 2.45) is 0 Å². The van der Waals surface area contributed by atoms with E-state index in [0.717, 1.165) is 11.4 Å². The molecule has 0 unspecified atom stereocenters. The summed E-state index contributed by atoms with van der Waals surface area (Å²) < 4.78 is 11.0. The third kappa shape index (κ3) is 6.03. The number of hydrogen-bond acceptors (Lipinski definition) is 5. The van der Waals surface area contributed by atoms with Crippen LogP contribution in [0.3, 0.4) is 0 Å². The summed E-state index contributed by atoms with van der Waals surface area (Å²) in [5, 5.41) is 0. The van der Waals surface area contributed by atoms with E-state index in [1.807, 2.05) is 18.2 Å². The Hall–Kier alpha value is -0.976. The van der Waals surface area contributed by atoms with Crippen LogP contribution in [0.25, 0.3) is 23.2 Å². The van der Waals surface area contributed by atoms with Gasteiger partial charge in [0, 0.05) is 0 Å².